The van der Waals surface area contributed by atoms with E-state index in [0.29, 0.717) is 25.8 Å². The molecule has 0 aliphatic rings. The third kappa shape index (κ3) is 5.42. The van der Waals surface area contributed by atoms with Gasteiger partial charge < -0.3 is 9.88 Å². The van der Waals surface area contributed by atoms with Gasteiger partial charge >= 0.3 is 0 Å². The standard InChI is InChI=1S/C28H27N3OS/c1-20-5-12-26(21(2)18-20)27-13-10-24(11-14-28(32)30-19-25-4-3-17-33-25)31(27)23-8-6-22(7-9-23)15-16-29/h3-10,12-13,17-18H,11,14-15,19H2,1-2H3,(H,30,32). The van der Waals surface area contributed by atoms with Crippen LogP contribution in [0.1, 0.15) is 33.7 Å². The minimum atomic E-state index is 0.0496. The molecule has 4 aromatic rings. The van der Waals surface area contributed by atoms with E-state index in [9.17, 15) is 4.79 Å². The van der Waals surface area contributed by atoms with Crippen molar-refractivity contribution < 1.29 is 4.79 Å². The summed E-state index contributed by atoms with van der Waals surface area (Å²) in [6.07, 6.45) is 1.46. The Labute approximate surface area is 199 Å². The molecule has 0 fully saturated rings. The van der Waals surface area contributed by atoms with Crippen LogP contribution in [0.4, 0.5) is 0 Å². The van der Waals surface area contributed by atoms with E-state index in [1.54, 1.807) is 11.3 Å². The number of nitrogens with one attached hydrogen (secondary N) is 1. The number of thiophene rings is 1. The predicted molar refractivity (Wildman–Crippen MR) is 134 cm³/mol. The zero-order valence-electron chi connectivity index (χ0n) is 19.0. The van der Waals surface area contributed by atoms with E-state index in [1.807, 2.05) is 29.6 Å². The maximum absolute atomic E-state index is 12.5. The molecule has 0 saturated carbocycles. The van der Waals surface area contributed by atoms with Gasteiger partial charge in [0.1, 0.15) is 0 Å². The zero-order valence-corrected chi connectivity index (χ0v) is 19.8. The molecule has 5 heteroatoms. The first-order chi connectivity index (χ1) is 16.0. The molecule has 4 rings (SSSR count). The molecule has 2 heterocycles. The summed E-state index contributed by atoms with van der Waals surface area (Å²) < 4.78 is 2.24. The van der Waals surface area contributed by atoms with Crippen LogP contribution in [0.25, 0.3) is 16.9 Å². The Morgan fingerprint density at radius 2 is 1.88 bits per heavy atom. The summed E-state index contributed by atoms with van der Waals surface area (Å²) >= 11 is 1.65. The molecule has 0 unspecified atom stereocenters. The van der Waals surface area contributed by atoms with Crippen molar-refractivity contribution in [2.75, 3.05) is 0 Å². The van der Waals surface area contributed by atoms with E-state index in [1.165, 1.54) is 16.7 Å². The Hall–Kier alpha value is -3.62. The van der Waals surface area contributed by atoms with Gasteiger partial charge in [0.25, 0.3) is 0 Å². The maximum Gasteiger partial charge on any atom is 0.220 e. The van der Waals surface area contributed by atoms with E-state index >= 15 is 0 Å². The summed E-state index contributed by atoms with van der Waals surface area (Å²) in [5, 5.41) is 14.0. The SMILES string of the molecule is Cc1ccc(-c2ccc(CCC(=O)NCc3cccs3)n2-c2ccc(CC#N)cc2)c(C)c1. The molecule has 0 bridgehead atoms. The van der Waals surface area contributed by atoms with Crippen molar-refractivity contribution in [1.29, 1.82) is 5.26 Å². The molecule has 0 saturated heterocycles. The fourth-order valence-electron chi connectivity index (χ4n) is 4.07. The quantitative estimate of drug-likeness (QED) is 0.348. The average molecular weight is 454 g/mol. The Morgan fingerprint density at radius 3 is 2.58 bits per heavy atom. The van der Waals surface area contributed by atoms with Crippen LogP contribution in [0.15, 0.2) is 72.1 Å². The molecule has 1 N–H and O–H groups in total. The van der Waals surface area contributed by atoms with Gasteiger partial charge in [-0.3, -0.25) is 4.79 Å². The van der Waals surface area contributed by atoms with Crippen LogP contribution in [0.3, 0.4) is 0 Å². The summed E-state index contributed by atoms with van der Waals surface area (Å²) in [7, 11) is 0. The zero-order chi connectivity index (χ0) is 23.2. The highest BCUT2D eigenvalue weighted by Gasteiger charge is 2.15. The van der Waals surface area contributed by atoms with Crippen LogP contribution < -0.4 is 5.32 Å². The van der Waals surface area contributed by atoms with Gasteiger partial charge in [-0.15, -0.1) is 11.3 Å². The number of nitrogens with zero attached hydrogens (tertiary/aromatic N) is 2. The van der Waals surface area contributed by atoms with Crippen molar-refractivity contribution in [2.24, 2.45) is 0 Å². The van der Waals surface area contributed by atoms with E-state index in [4.69, 9.17) is 5.26 Å². The molecule has 166 valence electrons. The Kier molecular flexibility index (Phi) is 7.07. The van der Waals surface area contributed by atoms with Gasteiger partial charge in [-0.25, -0.2) is 0 Å². The van der Waals surface area contributed by atoms with Crippen LogP contribution in [-0.4, -0.2) is 10.5 Å². The molecule has 0 atom stereocenters. The van der Waals surface area contributed by atoms with Crippen molar-refractivity contribution in [3.63, 3.8) is 0 Å². The molecule has 2 aromatic heterocycles. The average Bonchev–Trinajstić information content (AvgIpc) is 3.47. The van der Waals surface area contributed by atoms with Gasteiger partial charge in [-0.05, 0) is 67.1 Å². The number of carbonyl (C=O) groups is 1. The van der Waals surface area contributed by atoms with Gasteiger partial charge in [-0.2, -0.15) is 5.26 Å². The summed E-state index contributed by atoms with van der Waals surface area (Å²) in [6.45, 7) is 4.81. The molecule has 4 nitrogen and oxygen atoms in total. The van der Waals surface area contributed by atoms with Crippen LogP contribution in [0.2, 0.25) is 0 Å². The molecule has 33 heavy (non-hydrogen) atoms. The number of aromatic nitrogens is 1. The number of amides is 1. The van der Waals surface area contributed by atoms with Gasteiger partial charge in [0.05, 0.1) is 24.7 Å². The van der Waals surface area contributed by atoms with E-state index < -0.39 is 0 Å². The first-order valence-corrected chi connectivity index (χ1v) is 12.0. The van der Waals surface area contributed by atoms with E-state index in [2.05, 4.69) is 72.3 Å². The molecular weight excluding hydrogens is 426 g/mol. The van der Waals surface area contributed by atoms with Crippen molar-refractivity contribution in [3.8, 4) is 23.0 Å². The molecule has 0 radical (unpaired) electrons. The lowest BCUT2D eigenvalue weighted by molar-refractivity contribution is -0.121. The van der Waals surface area contributed by atoms with Gasteiger partial charge in [0, 0.05) is 28.2 Å². The second-order valence-electron chi connectivity index (χ2n) is 8.22. The highest BCUT2D eigenvalue weighted by Crippen LogP contribution is 2.30. The minimum absolute atomic E-state index is 0.0496. The van der Waals surface area contributed by atoms with Gasteiger partial charge in [0.2, 0.25) is 5.91 Å². The maximum atomic E-state index is 12.5. The fourth-order valence-corrected chi connectivity index (χ4v) is 4.72. The smallest absolute Gasteiger partial charge is 0.220 e. The molecule has 0 aliphatic carbocycles. The van der Waals surface area contributed by atoms with Crippen LogP contribution in [0.5, 0.6) is 0 Å². The van der Waals surface area contributed by atoms with Gasteiger partial charge in [0.15, 0.2) is 0 Å². The van der Waals surface area contributed by atoms with E-state index in [0.717, 1.165) is 27.5 Å². The third-order valence-electron chi connectivity index (χ3n) is 5.75. The molecule has 0 spiro atoms. The molecule has 1 amide bonds. The van der Waals surface area contributed by atoms with E-state index in [-0.39, 0.29) is 5.91 Å². The number of nitriles is 1. The highest BCUT2D eigenvalue weighted by molar-refractivity contribution is 7.09. The largest absolute Gasteiger partial charge is 0.351 e. The number of rotatable bonds is 8. The monoisotopic (exact) mass is 453 g/mol. The number of hydrogen-bond acceptors (Lipinski definition) is 3. The molecule has 2 aromatic carbocycles. The Bertz CT molecular complexity index is 1280. The molecule has 0 aliphatic heterocycles. The summed E-state index contributed by atoms with van der Waals surface area (Å²) in [5.41, 5.74) is 7.85. The second-order valence-corrected chi connectivity index (χ2v) is 9.25. The third-order valence-corrected chi connectivity index (χ3v) is 6.62. The number of hydrogen-bond donors (Lipinski definition) is 1. The first-order valence-electron chi connectivity index (χ1n) is 11.1. The lowest BCUT2D eigenvalue weighted by Crippen LogP contribution is -2.22. The topological polar surface area (TPSA) is 57.8 Å². The fraction of sp³-hybridized carbons (Fsp3) is 0.214. The second kappa shape index (κ2) is 10.3. The number of aryl methyl sites for hydroxylation is 3. The van der Waals surface area contributed by atoms with Crippen molar-refractivity contribution in [1.82, 2.24) is 9.88 Å². The Morgan fingerprint density at radius 1 is 1.06 bits per heavy atom. The lowest BCUT2D eigenvalue weighted by Gasteiger charge is -2.16. The van der Waals surface area contributed by atoms with Gasteiger partial charge in [-0.1, -0.05) is 42.0 Å². The van der Waals surface area contributed by atoms with Crippen LogP contribution in [0, 0.1) is 25.2 Å². The van der Waals surface area contributed by atoms with Crippen LogP contribution in [-0.2, 0) is 24.2 Å². The minimum Gasteiger partial charge on any atom is -0.351 e. The summed E-state index contributed by atoms with van der Waals surface area (Å²) in [4.78, 5) is 13.7. The number of carbonyl (C=O) groups excluding carboxylic acids is 1. The summed E-state index contributed by atoms with van der Waals surface area (Å²) in [5.74, 6) is 0.0496. The number of benzene rings is 2. The van der Waals surface area contributed by atoms with Crippen molar-refractivity contribution in [2.45, 2.75) is 39.7 Å². The lowest BCUT2D eigenvalue weighted by atomic mass is 10.0. The molecular formula is C28H27N3OS. The first kappa shape index (κ1) is 22.6. The van der Waals surface area contributed by atoms with Crippen molar-refractivity contribution in [3.05, 3.63) is 99.4 Å². The normalized spacial score (nSPS) is 10.7. The highest BCUT2D eigenvalue weighted by atomic mass is 32.1. The summed E-state index contributed by atoms with van der Waals surface area (Å²) in [6, 6.07) is 25.1. The predicted octanol–water partition coefficient (Wildman–Crippen LogP) is 6.14. The van der Waals surface area contributed by atoms with Crippen LogP contribution >= 0.6 is 11.3 Å². The van der Waals surface area contributed by atoms with Crippen molar-refractivity contribution >= 4 is 17.2 Å². The Balaban J connectivity index is 1.61.